The van der Waals surface area contributed by atoms with Gasteiger partial charge in [-0.05, 0) is 49.7 Å². The van der Waals surface area contributed by atoms with E-state index in [9.17, 15) is 15.0 Å². The SMILES string of the molecule is CC(C)C(C)(O)CC1(C(=O)O)CCc2ccccc2C1. The third kappa shape index (κ3) is 2.73. The smallest absolute Gasteiger partial charge is 0.310 e. The molecular weight excluding hydrogens is 252 g/mol. The van der Waals surface area contributed by atoms with Crippen LogP contribution in [0, 0.1) is 11.3 Å². The summed E-state index contributed by atoms with van der Waals surface area (Å²) in [6, 6.07) is 8.03. The molecule has 3 nitrogen and oxygen atoms in total. The molecule has 3 heteroatoms. The van der Waals surface area contributed by atoms with Crippen LogP contribution in [0.5, 0.6) is 0 Å². The maximum Gasteiger partial charge on any atom is 0.310 e. The number of carboxylic acid groups (broad SMARTS) is 1. The van der Waals surface area contributed by atoms with E-state index in [1.807, 2.05) is 32.0 Å². The van der Waals surface area contributed by atoms with Crippen molar-refractivity contribution in [3.63, 3.8) is 0 Å². The number of hydrogen-bond acceptors (Lipinski definition) is 2. The normalized spacial score (nSPS) is 25.1. The van der Waals surface area contributed by atoms with Gasteiger partial charge in [-0.2, -0.15) is 0 Å². The highest BCUT2D eigenvalue weighted by Crippen LogP contribution is 2.43. The van der Waals surface area contributed by atoms with Gasteiger partial charge in [-0.3, -0.25) is 4.79 Å². The van der Waals surface area contributed by atoms with Crippen molar-refractivity contribution in [2.24, 2.45) is 11.3 Å². The molecule has 0 saturated carbocycles. The quantitative estimate of drug-likeness (QED) is 0.888. The number of rotatable bonds is 4. The standard InChI is InChI=1S/C17H24O3/c1-12(2)16(3,20)11-17(15(18)19)9-8-13-6-4-5-7-14(13)10-17/h4-7,12,20H,8-11H2,1-3H3,(H,18,19). The second kappa shape index (κ2) is 5.21. The monoisotopic (exact) mass is 276 g/mol. The van der Waals surface area contributed by atoms with E-state index < -0.39 is 17.0 Å². The van der Waals surface area contributed by atoms with Crippen molar-refractivity contribution in [2.45, 2.75) is 52.1 Å². The summed E-state index contributed by atoms with van der Waals surface area (Å²) in [6.07, 6.45) is 2.20. The average molecular weight is 276 g/mol. The molecule has 2 unspecified atom stereocenters. The molecule has 0 radical (unpaired) electrons. The van der Waals surface area contributed by atoms with E-state index in [1.165, 1.54) is 5.56 Å². The molecule has 20 heavy (non-hydrogen) atoms. The van der Waals surface area contributed by atoms with Crippen molar-refractivity contribution in [2.75, 3.05) is 0 Å². The molecule has 0 amide bonds. The largest absolute Gasteiger partial charge is 0.481 e. The Morgan fingerprint density at radius 2 is 1.95 bits per heavy atom. The first-order valence-corrected chi connectivity index (χ1v) is 7.29. The lowest BCUT2D eigenvalue weighted by Gasteiger charge is -2.41. The van der Waals surface area contributed by atoms with E-state index in [0.29, 0.717) is 19.3 Å². The Balaban J connectivity index is 2.32. The second-order valence-corrected chi connectivity index (χ2v) is 6.72. The number of aliphatic hydroxyl groups is 1. The Morgan fingerprint density at radius 1 is 1.35 bits per heavy atom. The number of hydrogen-bond donors (Lipinski definition) is 2. The molecule has 1 aromatic rings. The maximum atomic E-state index is 11.9. The van der Waals surface area contributed by atoms with E-state index in [4.69, 9.17) is 0 Å². The van der Waals surface area contributed by atoms with Gasteiger partial charge in [0.1, 0.15) is 0 Å². The molecule has 0 heterocycles. The van der Waals surface area contributed by atoms with Crippen LogP contribution < -0.4 is 0 Å². The van der Waals surface area contributed by atoms with Crippen molar-refractivity contribution in [3.05, 3.63) is 35.4 Å². The van der Waals surface area contributed by atoms with E-state index >= 15 is 0 Å². The van der Waals surface area contributed by atoms with Crippen LogP contribution in [0.2, 0.25) is 0 Å². The lowest BCUT2D eigenvalue weighted by molar-refractivity contribution is -0.155. The highest BCUT2D eigenvalue weighted by molar-refractivity contribution is 5.76. The fourth-order valence-corrected chi connectivity index (χ4v) is 3.10. The average Bonchev–Trinajstić information content (AvgIpc) is 2.37. The summed E-state index contributed by atoms with van der Waals surface area (Å²) in [6.45, 7) is 5.63. The van der Waals surface area contributed by atoms with Crippen LogP contribution in [0.1, 0.15) is 44.7 Å². The van der Waals surface area contributed by atoms with Gasteiger partial charge in [0.25, 0.3) is 0 Å². The fourth-order valence-electron chi connectivity index (χ4n) is 3.10. The van der Waals surface area contributed by atoms with Crippen LogP contribution >= 0.6 is 0 Å². The molecule has 1 aromatic carbocycles. The zero-order valence-electron chi connectivity index (χ0n) is 12.5. The first kappa shape index (κ1) is 15.0. The number of carbonyl (C=O) groups is 1. The molecular formula is C17H24O3. The Kier molecular flexibility index (Phi) is 3.92. The van der Waals surface area contributed by atoms with E-state index in [1.54, 1.807) is 6.92 Å². The van der Waals surface area contributed by atoms with Gasteiger partial charge in [0.05, 0.1) is 11.0 Å². The molecule has 2 atom stereocenters. The predicted molar refractivity (Wildman–Crippen MR) is 78.6 cm³/mol. The van der Waals surface area contributed by atoms with Gasteiger partial charge in [0, 0.05) is 0 Å². The van der Waals surface area contributed by atoms with Crippen LogP contribution in [0.4, 0.5) is 0 Å². The van der Waals surface area contributed by atoms with Gasteiger partial charge in [0.2, 0.25) is 0 Å². The summed E-state index contributed by atoms with van der Waals surface area (Å²) in [4.78, 5) is 11.9. The van der Waals surface area contributed by atoms with Crippen molar-refractivity contribution in [1.29, 1.82) is 0 Å². The third-order valence-electron chi connectivity index (χ3n) is 4.91. The molecule has 1 aliphatic rings. The highest BCUT2D eigenvalue weighted by atomic mass is 16.4. The highest BCUT2D eigenvalue weighted by Gasteiger charge is 2.46. The lowest BCUT2D eigenvalue weighted by Crippen LogP contribution is -2.46. The van der Waals surface area contributed by atoms with Crippen LogP contribution in [0.3, 0.4) is 0 Å². The molecule has 2 rings (SSSR count). The van der Waals surface area contributed by atoms with E-state index in [0.717, 1.165) is 12.0 Å². The molecule has 0 spiro atoms. The number of aryl methyl sites for hydroxylation is 1. The Morgan fingerprint density at radius 3 is 2.50 bits per heavy atom. The molecule has 110 valence electrons. The van der Waals surface area contributed by atoms with Crippen LogP contribution in [0.25, 0.3) is 0 Å². The Labute approximate surface area is 120 Å². The van der Waals surface area contributed by atoms with Crippen molar-refractivity contribution in [1.82, 2.24) is 0 Å². The first-order valence-electron chi connectivity index (χ1n) is 7.29. The second-order valence-electron chi connectivity index (χ2n) is 6.72. The van der Waals surface area contributed by atoms with Crippen LogP contribution in [0.15, 0.2) is 24.3 Å². The summed E-state index contributed by atoms with van der Waals surface area (Å²) >= 11 is 0. The van der Waals surface area contributed by atoms with Gasteiger partial charge in [-0.15, -0.1) is 0 Å². The van der Waals surface area contributed by atoms with Gasteiger partial charge < -0.3 is 10.2 Å². The summed E-state index contributed by atoms with van der Waals surface area (Å²) in [5, 5.41) is 20.3. The van der Waals surface area contributed by atoms with Crippen LogP contribution in [-0.2, 0) is 17.6 Å². The third-order valence-corrected chi connectivity index (χ3v) is 4.91. The number of benzene rings is 1. The summed E-state index contributed by atoms with van der Waals surface area (Å²) < 4.78 is 0. The molecule has 2 N–H and O–H groups in total. The molecule has 0 bridgehead atoms. The van der Waals surface area contributed by atoms with Gasteiger partial charge >= 0.3 is 5.97 Å². The molecule has 1 aliphatic carbocycles. The zero-order chi connectivity index (χ0) is 15.0. The zero-order valence-corrected chi connectivity index (χ0v) is 12.5. The predicted octanol–water partition coefficient (Wildman–Crippen LogP) is 3.04. The molecule has 0 fully saturated rings. The van der Waals surface area contributed by atoms with E-state index in [-0.39, 0.29) is 5.92 Å². The Hall–Kier alpha value is -1.35. The van der Waals surface area contributed by atoms with Crippen LogP contribution in [-0.4, -0.2) is 21.8 Å². The molecule has 0 aromatic heterocycles. The minimum Gasteiger partial charge on any atom is -0.481 e. The van der Waals surface area contributed by atoms with Gasteiger partial charge in [0.15, 0.2) is 0 Å². The summed E-state index contributed by atoms with van der Waals surface area (Å²) in [5.41, 5.74) is 0.557. The minimum absolute atomic E-state index is 0.0379. The van der Waals surface area contributed by atoms with Gasteiger partial charge in [-0.25, -0.2) is 0 Å². The molecule has 0 saturated heterocycles. The van der Waals surface area contributed by atoms with Crippen molar-refractivity contribution >= 4 is 5.97 Å². The topological polar surface area (TPSA) is 57.5 Å². The lowest BCUT2D eigenvalue weighted by atomic mass is 9.65. The Bertz CT molecular complexity index is 505. The van der Waals surface area contributed by atoms with Crippen molar-refractivity contribution in [3.8, 4) is 0 Å². The summed E-state index contributed by atoms with van der Waals surface area (Å²) in [7, 11) is 0. The summed E-state index contributed by atoms with van der Waals surface area (Å²) in [5.74, 6) is -0.746. The number of fused-ring (bicyclic) bond motifs is 1. The van der Waals surface area contributed by atoms with Gasteiger partial charge in [-0.1, -0.05) is 38.1 Å². The first-order chi connectivity index (χ1) is 9.27. The van der Waals surface area contributed by atoms with E-state index in [2.05, 4.69) is 6.07 Å². The molecule has 0 aliphatic heterocycles. The minimum atomic E-state index is -0.954. The fraction of sp³-hybridized carbons (Fsp3) is 0.588. The number of carboxylic acids is 1. The maximum absolute atomic E-state index is 11.9. The van der Waals surface area contributed by atoms with Crippen molar-refractivity contribution < 1.29 is 15.0 Å². The number of aliphatic carboxylic acids is 1.